The van der Waals surface area contributed by atoms with Crippen LogP contribution in [0.25, 0.3) is 0 Å². The standard InChI is InChI=1S/C12H10BrN3O4/c1-20-12(17)8-2-3-9(11(13)4-8)6-15-7-10(5-14-15)16(18)19/h2-5,7H,6H2,1H3. The lowest BCUT2D eigenvalue weighted by Crippen LogP contribution is -2.04. The molecule has 0 aliphatic heterocycles. The van der Waals surface area contributed by atoms with Crippen LogP contribution in [-0.2, 0) is 11.3 Å². The van der Waals surface area contributed by atoms with Crippen molar-refractivity contribution in [3.8, 4) is 0 Å². The molecule has 2 rings (SSSR count). The number of halogens is 1. The zero-order chi connectivity index (χ0) is 14.7. The molecule has 104 valence electrons. The van der Waals surface area contributed by atoms with Gasteiger partial charge in [0, 0.05) is 4.47 Å². The van der Waals surface area contributed by atoms with Gasteiger partial charge < -0.3 is 4.74 Å². The number of carbonyl (C=O) groups is 1. The van der Waals surface area contributed by atoms with Crippen LogP contribution >= 0.6 is 15.9 Å². The van der Waals surface area contributed by atoms with Crippen LogP contribution in [0.2, 0.25) is 0 Å². The Balaban J connectivity index is 2.21. The van der Waals surface area contributed by atoms with E-state index in [1.807, 2.05) is 0 Å². The zero-order valence-electron chi connectivity index (χ0n) is 10.4. The third-order valence-corrected chi connectivity index (χ3v) is 3.38. The lowest BCUT2D eigenvalue weighted by Gasteiger charge is -2.06. The number of nitro groups is 1. The molecule has 8 heteroatoms. The Hall–Kier alpha value is -2.22. The second-order valence-electron chi connectivity index (χ2n) is 3.95. The topological polar surface area (TPSA) is 87.3 Å². The summed E-state index contributed by atoms with van der Waals surface area (Å²) in [5.41, 5.74) is 1.21. The van der Waals surface area contributed by atoms with E-state index in [0.29, 0.717) is 16.6 Å². The first-order valence-electron chi connectivity index (χ1n) is 5.55. The molecule has 0 fully saturated rings. The summed E-state index contributed by atoms with van der Waals surface area (Å²) < 4.78 is 6.79. The van der Waals surface area contributed by atoms with Crippen LogP contribution in [0, 0.1) is 10.1 Å². The number of nitrogens with zero attached hydrogens (tertiary/aromatic N) is 3. The molecular formula is C12H10BrN3O4. The van der Waals surface area contributed by atoms with Crippen molar-refractivity contribution in [1.29, 1.82) is 0 Å². The molecule has 0 bridgehead atoms. The van der Waals surface area contributed by atoms with Crippen LogP contribution in [-0.4, -0.2) is 27.8 Å². The van der Waals surface area contributed by atoms with E-state index in [1.54, 1.807) is 18.2 Å². The molecule has 0 amide bonds. The quantitative estimate of drug-likeness (QED) is 0.484. The van der Waals surface area contributed by atoms with E-state index in [4.69, 9.17) is 0 Å². The SMILES string of the molecule is COC(=O)c1ccc(Cn2cc([N+](=O)[O-])cn2)c(Br)c1. The number of ether oxygens (including phenoxy) is 1. The van der Waals surface area contributed by atoms with Gasteiger partial charge in [0.05, 0.1) is 24.1 Å². The van der Waals surface area contributed by atoms with Crippen molar-refractivity contribution in [2.75, 3.05) is 7.11 Å². The highest BCUT2D eigenvalue weighted by Gasteiger charge is 2.12. The zero-order valence-corrected chi connectivity index (χ0v) is 12.0. The van der Waals surface area contributed by atoms with Gasteiger partial charge in [-0.3, -0.25) is 14.8 Å². The van der Waals surface area contributed by atoms with Crippen molar-refractivity contribution < 1.29 is 14.5 Å². The highest BCUT2D eigenvalue weighted by atomic mass is 79.9. The Morgan fingerprint density at radius 3 is 2.85 bits per heavy atom. The highest BCUT2D eigenvalue weighted by molar-refractivity contribution is 9.10. The number of carbonyl (C=O) groups excluding carboxylic acids is 1. The first-order chi connectivity index (χ1) is 9.51. The molecule has 7 nitrogen and oxygen atoms in total. The van der Waals surface area contributed by atoms with Gasteiger partial charge >= 0.3 is 11.7 Å². The van der Waals surface area contributed by atoms with E-state index in [2.05, 4.69) is 25.8 Å². The average Bonchev–Trinajstić information content (AvgIpc) is 2.89. The second-order valence-corrected chi connectivity index (χ2v) is 4.81. The predicted octanol–water partition coefficient (Wildman–Crippen LogP) is 2.39. The maximum atomic E-state index is 11.4. The fourth-order valence-electron chi connectivity index (χ4n) is 1.63. The largest absolute Gasteiger partial charge is 0.465 e. The Bertz CT molecular complexity index is 668. The molecule has 1 aromatic carbocycles. The molecule has 20 heavy (non-hydrogen) atoms. The minimum atomic E-state index is -0.501. The van der Waals surface area contributed by atoms with Crippen LogP contribution in [0.4, 0.5) is 5.69 Å². The van der Waals surface area contributed by atoms with Gasteiger partial charge in [-0.25, -0.2) is 4.79 Å². The first kappa shape index (κ1) is 14.2. The molecule has 0 aliphatic rings. The molecule has 1 heterocycles. The summed E-state index contributed by atoms with van der Waals surface area (Å²) >= 11 is 3.36. The monoisotopic (exact) mass is 339 g/mol. The molecule has 0 aliphatic carbocycles. The molecule has 2 aromatic rings. The first-order valence-corrected chi connectivity index (χ1v) is 6.34. The van der Waals surface area contributed by atoms with Gasteiger partial charge in [0.2, 0.25) is 0 Å². The molecule has 0 atom stereocenters. The molecule has 1 aromatic heterocycles. The fourth-order valence-corrected chi connectivity index (χ4v) is 2.13. The summed E-state index contributed by atoms with van der Waals surface area (Å²) in [6, 6.07) is 5.01. The molecular weight excluding hydrogens is 330 g/mol. The molecule has 0 saturated carbocycles. The number of hydrogen-bond donors (Lipinski definition) is 0. The minimum Gasteiger partial charge on any atom is -0.465 e. The normalized spacial score (nSPS) is 10.3. The van der Waals surface area contributed by atoms with Crippen LogP contribution in [0.5, 0.6) is 0 Å². The van der Waals surface area contributed by atoms with Crippen LogP contribution in [0.3, 0.4) is 0 Å². The third-order valence-electron chi connectivity index (χ3n) is 2.64. The Kier molecular flexibility index (Phi) is 4.14. The Morgan fingerprint density at radius 1 is 1.55 bits per heavy atom. The van der Waals surface area contributed by atoms with Crippen LogP contribution < -0.4 is 0 Å². The molecule has 0 N–H and O–H groups in total. The maximum absolute atomic E-state index is 11.4. The lowest BCUT2D eigenvalue weighted by molar-refractivity contribution is -0.385. The van der Waals surface area contributed by atoms with Crippen LogP contribution in [0.15, 0.2) is 35.1 Å². The van der Waals surface area contributed by atoms with Crippen LogP contribution in [0.1, 0.15) is 15.9 Å². The van der Waals surface area contributed by atoms with E-state index in [9.17, 15) is 14.9 Å². The smallest absolute Gasteiger partial charge is 0.337 e. The van der Waals surface area contributed by atoms with E-state index in [1.165, 1.54) is 24.2 Å². The Labute approximate surface area is 122 Å². The third kappa shape index (κ3) is 3.02. The van der Waals surface area contributed by atoms with Gasteiger partial charge in [0.1, 0.15) is 12.4 Å². The van der Waals surface area contributed by atoms with Crippen molar-refractivity contribution in [1.82, 2.24) is 9.78 Å². The maximum Gasteiger partial charge on any atom is 0.337 e. The fraction of sp³-hybridized carbons (Fsp3) is 0.167. The van der Waals surface area contributed by atoms with Gasteiger partial charge in [-0.1, -0.05) is 22.0 Å². The molecule has 0 spiro atoms. The summed E-state index contributed by atoms with van der Waals surface area (Å²) in [6.07, 6.45) is 2.54. The predicted molar refractivity (Wildman–Crippen MR) is 73.5 cm³/mol. The van der Waals surface area contributed by atoms with E-state index in [0.717, 1.165) is 5.56 Å². The number of esters is 1. The number of benzene rings is 1. The van der Waals surface area contributed by atoms with E-state index in [-0.39, 0.29) is 5.69 Å². The lowest BCUT2D eigenvalue weighted by atomic mass is 10.1. The van der Waals surface area contributed by atoms with Crippen molar-refractivity contribution in [3.63, 3.8) is 0 Å². The molecule has 0 radical (unpaired) electrons. The number of aromatic nitrogens is 2. The number of rotatable bonds is 4. The average molecular weight is 340 g/mol. The number of hydrogen-bond acceptors (Lipinski definition) is 5. The highest BCUT2D eigenvalue weighted by Crippen LogP contribution is 2.21. The van der Waals surface area contributed by atoms with E-state index < -0.39 is 10.9 Å². The van der Waals surface area contributed by atoms with Crippen molar-refractivity contribution in [3.05, 3.63) is 56.3 Å². The van der Waals surface area contributed by atoms with Gasteiger partial charge in [-0.2, -0.15) is 5.10 Å². The Morgan fingerprint density at radius 2 is 2.30 bits per heavy atom. The summed E-state index contributed by atoms with van der Waals surface area (Å²) in [6.45, 7) is 0.357. The summed E-state index contributed by atoms with van der Waals surface area (Å²) in [7, 11) is 1.31. The van der Waals surface area contributed by atoms with Gasteiger partial charge in [0.25, 0.3) is 0 Å². The summed E-state index contributed by atoms with van der Waals surface area (Å²) in [5, 5.41) is 14.5. The second kappa shape index (κ2) is 5.83. The molecule has 0 saturated heterocycles. The number of methoxy groups -OCH3 is 1. The van der Waals surface area contributed by atoms with Crippen molar-refractivity contribution in [2.24, 2.45) is 0 Å². The van der Waals surface area contributed by atoms with Gasteiger partial charge in [-0.05, 0) is 17.7 Å². The van der Waals surface area contributed by atoms with Gasteiger partial charge in [0.15, 0.2) is 0 Å². The molecule has 0 unspecified atom stereocenters. The summed E-state index contributed by atoms with van der Waals surface area (Å²) in [4.78, 5) is 21.5. The van der Waals surface area contributed by atoms with E-state index >= 15 is 0 Å². The van der Waals surface area contributed by atoms with Crippen molar-refractivity contribution in [2.45, 2.75) is 6.54 Å². The summed E-state index contributed by atoms with van der Waals surface area (Å²) in [5.74, 6) is -0.424. The van der Waals surface area contributed by atoms with Crippen molar-refractivity contribution >= 4 is 27.6 Å². The van der Waals surface area contributed by atoms with Gasteiger partial charge in [-0.15, -0.1) is 0 Å². The minimum absolute atomic E-state index is 0.0627.